The number of benzene rings is 3. The summed E-state index contributed by atoms with van der Waals surface area (Å²) in [6.07, 6.45) is 0. The Hall–Kier alpha value is -2.56. The fraction of sp³-hybridized carbons (Fsp3) is 0.512. The van der Waals surface area contributed by atoms with Gasteiger partial charge in [-0.15, -0.1) is 0 Å². The summed E-state index contributed by atoms with van der Waals surface area (Å²) in [7, 11) is 2.90. The topological polar surface area (TPSA) is 8.81 Å². The number of aromatic nitrogens is 2. The van der Waals surface area contributed by atoms with Crippen molar-refractivity contribution in [2.75, 3.05) is 0 Å². The van der Waals surface area contributed by atoms with Crippen LogP contribution in [-0.4, -0.2) is 12.5 Å². The van der Waals surface area contributed by atoms with Crippen LogP contribution in [0.4, 0.5) is 0 Å². The molecule has 4 rings (SSSR count). The molecule has 253 valence electrons. The molecule has 0 aliphatic rings. The molecule has 1 radical (unpaired) electrons. The second-order valence-electron chi connectivity index (χ2n) is 15.8. The third kappa shape index (κ3) is 6.97. The van der Waals surface area contributed by atoms with Crippen molar-refractivity contribution in [1.29, 1.82) is 0 Å². The Morgan fingerprint density at radius 3 is 1.19 bits per heavy atom. The molecular weight excluding hydrogens is 605 g/mol. The highest BCUT2D eigenvalue weighted by Gasteiger charge is 2.36. The van der Waals surface area contributed by atoms with Crippen LogP contribution in [0.2, 0.25) is 0 Å². The van der Waals surface area contributed by atoms with Crippen molar-refractivity contribution in [3.63, 3.8) is 0 Å². The largest absolute Gasteiger partial charge is 0.298 e. The van der Waals surface area contributed by atoms with E-state index in [-0.39, 0.29) is 0 Å². The van der Waals surface area contributed by atoms with Crippen molar-refractivity contribution in [3.05, 3.63) is 87.2 Å². The number of imidazole rings is 1. The normalized spacial score (nSPS) is 12.4. The highest BCUT2D eigenvalue weighted by molar-refractivity contribution is 8.13. The third-order valence-electron chi connectivity index (χ3n) is 10.5. The maximum atomic E-state index is 5.76. The molecule has 47 heavy (non-hydrogen) atoms. The van der Waals surface area contributed by atoms with E-state index >= 15 is 0 Å². The van der Waals surface area contributed by atoms with Gasteiger partial charge in [-0.3, -0.25) is 0 Å². The first kappa shape index (κ1) is 37.3. The lowest BCUT2D eigenvalue weighted by molar-refractivity contribution is -0.659. The first-order valence-corrected chi connectivity index (χ1v) is 20.8. The predicted molar refractivity (Wildman–Crippen MR) is 212 cm³/mol. The van der Waals surface area contributed by atoms with Gasteiger partial charge in [0.15, 0.2) is 0 Å². The van der Waals surface area contributed by atoms with E-state index in [1.165, 1.54) is 77.7 Å². The van der Waals surface area contributed by atoms with Gasteiger partial charge in [-0.1, -0.05) is 126 Å². The quantitative estimate of drug-likeness (QED) is 0.0980. The summed E-state index contributed by atoms with van der Waals surface area (Å²) in [6.45, 7) is 32.7. The van der Waals surface area contributed by atoms with E-state index in [1.807, 2.05) is 0 Å². The van der Waals surface area contributed by atoms with Gasteiger partial charge in [0, 0.05) is 13.8 Å². The Morgan fingerprint density at radius 1 is 0.596 bits per heavy atom. The van der Waals surface area contributed by atoms with E-state index in [4.69, 9.17) is 12.1 Å². The highest BCUT2D eigenvalue weighted by atomic mass is 32.3. The Kier molecular flexibility index (Phi) is 11.5. The predicted octanol–water partition coefficient (Wildman–Crippen LogP) is 10.6. The lowest BCUT2D eigenvalue weighted by Crippen LogP contribution is -2.59. The van der Waals surface area contributed by atoms with E-state index in [9.17, 15) is 0 Å². The number of rotatable bonds is 10. The van der Waals surface area contributed by atoms with Crippen molar-refractivity contribution in [2.45, 2.75) is 132 Å². The second kappa shape index (κ2) is 14.5. The van der Waals surface area contributed by atoms with Crippen molar-refractivity contribution >= 4 is 30.7 Å². The van der Waals surface area contributed by atoms with Gasteiger partial charge in [0.2, 0.25) is 5.45 Å². The van der Waals surface area contributed by atoms with Crippen molar-refractivity contribution < 1.29 is 4.57 Å². The van der Waals surface area contributed by atoms with Crippen LogP contribution >= 0.6 is 12.1 Å². The van der Waals surface area contributed by atoms with Crippen molar-refractivity contribution in [2.24, 2.45) is 14.1 Å². The molecule has 1 aromatic heterocycles. The molecule has 0 unspecified atom stereocenters. The van der Waals surface area contributed by atoms with Crippen LogP contribution in [0.25, 0.3) is 22.3 Å². The molecule has 3 aromatic carbocycles. The van der Waals surface area contributed by atoms with E-state index in [0.29, 0.717) is 35.5 Å². The van der Waals surface area contributed by atoms with Gasteiger partial charge in [0.05, 0.1) is 14.1 Å². The Balaban J connectivity index is 2.30. The number of hydrogen-bond donors (Lipinski definition) is 1. The zero-order valence-electron chi connectivity index (χ0n) is 32.3. The summed E-state index contributed by atoms with van der Waals surface area (Å²) in [5.41, 5.74) is 18.2. The Morgan fingerprint density at radius 2 is 0.936 bits per heavy atom. The summed E-state index contributed by atoms with van der Waals surface area (Å²) < 4.78 is 4.81. The van der Waals surface area contributed by atoms with E-state index in [2.05, 4.69) is 163 Å². The molecule has 2 nitrogen and oxygen atoms in total. The van der Waals surface area contributed by atoms with Crippen LogP contribution in [0.1, 0.15) is 163 Å². The average Bonchev–Trinajstić information content (AvgIpc) is 3.20. The molecule has 4 heteroatoms. The molecule has 0 atom stereocenters. The van der Waals surface area contributed by atoms with Gasteiger partial charge in [0.25, 0.3) is 7.95 Å². The van der Waals surface area contributed by atoms with Gasteiger partial charge in [-0.25, -0.2) is 9.13 Å². The summed E-state index contributed by atoms with van der Waals surface area (Å²) in [5, 5.41) is 1.42. The molecule has 0 aliphatic heterocycles. The van der Waals surface area contributed by atoms with Crippen LogP contribution in [-0.2, 0) is 14.1 Å². The monoisotopic (exact) mass is 666 g/mol. The molecule has 4 aromatic rings. The summed E-state index contributed by atoms with van der Waals surface area (Å²) >= 11 is 5.76. The Bertz CT molecular complexity index is 1570. The molecule has 0 bridgehead atoms. The van der Waals surface area contributed by atoms with Crippen molar-refractivity contribution in [1.82, 2.24) is 4.57 Å². The molecule has 0 saturated heterocycles. The smallest absolute Gasteiger partial charge is 0.239 e. The fourth-order valence-electron chi connectivity index (χ4n) is 7.22. The van der Waals surface area contributed by atoms with E-state index < -0.39 is 7.95 Å². The molecule has 1 heterocycles. The highest BCUT2D eigenvalue weighted by Crippen LogP contribution is 2.43. The van der Waals surface area contributed by atoms with Crippen LogP contribution < -0.4 is 15.2 Å². The second-order valence-corrected chi connectivity index (χ2v) is 18.8. The average molecular weight is 667 g/mol. The third-order valence-corrected chi connectivity index (χ3v) is 13.9. The zero-order chi connectivity index (χ0) is 35.2. The number of hydrogen-bond acceptors (Lipinski definition) is 1. The van der Waals surface area contributed by atoms with Gasteiger partial charge < -0.3 is 0 Å². The van der Waals surface area contributed by atoms with E-state index in [1.54, 1.807) is 0 Å². The lowest BCUT2D eigenvalue weighted by Gasteiger charge is -2.29. The van der Waals surface area contributed by atoms with Crippen LogP contribution in [0, 0.1) is 13.8 Å². The molecule has 0 saturated carbocycles. The minimum absolute atomic E-state index is 0.395. The zero-order valence-corrected chi connectivity index (χ0v) is 34.2. The number of nitrogens with zero attached hydrogens (tertiary/aromatic N) is 2. The minimum Gasteiger partial charge on any atom is -0.239 e. The maximum absolute atomic E-state index is 5.76. The molecular formula is C43H62N2SSi+. The van der Waals surface area contributed by atoms with E-state index in [0.717, 1.165) is 0 Å². The summed E-state index contributed by atoms with van der Waals surface area (Å²) in [4.78, 5) is 0. The molecule has 0 fully saturated rings. The van der Waals surface area contributed by atoms with Gasteiger partial charge in [0.1, 0.15) is 11.4 Å². The lowest BCUT2D eigenvalue weighted by atomic mass is 9.79. The number of thiol groups is 1. The molecule has 0 amide bonds. The van der Waals surface area contributed by atoms with Gasteiger partial charge in [-0.05, 0) is 96.3 Å². The standard InChI is InChI=1S/C43H62N2SSi/c1-24(2)32-20-36(26(5)6)40(37(21-32)27(7)8)34-18-17-19-35(42(34)47(46)43-44(15)30(13)31(14)45(43)16)41-38(28(9)10)22-33(25(3)4)23-39(41)29(11)12/h17-29,46H,1-16H3/q+1. The van der Waals surface area contributed by atoms with Gasteiger partial charge >= 0.3 is 0 Å². The summed E-state index contributed by atoms with van der Waals surface area (Å²) in [6, 6.07) is 17.2. The van der Waals surface area contributed by atoms with Crippen LogP contribution in [0.3, 0.4) is 0 Å². The maximum Gasteiger partial charge on any atom is 0.298 e. The van der Waals surface area contributed by atoms with Crippen molar-refractivity contribution in [3.8, 4) is 22.3 Å². The molecule has 0 N–H and O–H groups in total. The summed E-state index contributed by atoms with van der Waals surface area (Å²) in [5.74, 6) is 2.53. The van der Waals surface area contributed by atoms with Gasteiger partial charge in [-0.2, -0.15) is 12.1 Å². The fourth-order valence-corrected chi connectivity index (χ4v) is 11.0. The first-order valence-electron chi connectivity index (χ1n) is 18.0. The van der Waals surface area contributed by atoms with Crippen LogP contribution in [0.5, 0.6) is 0 Å². The SMILES string of the molecule is Cc1c(C)[n+](C)c([Si](S)c2c(-c3c(C(C)C)cc(C(C)C)cc3C(C)C)cccc2-c2c(C(C)C)cc(C(C)C)cc2C(C)C)n1C. The van der Waals surface area contributed by atoms with Crippen LogP contribution in [0.15, 0.2) is 42.5 Å². The Labute approximate surface area is 294 Å². The molecule has 0 aliphatic carbocycles. The molecule has 0 spiro atoms. The first-order chi connectivity index (χ1) is 21.9. The minimum atomic E-state index is -1.56.